The van der Waals surface area contributed by atoms with Crippen LogP contribution < -0.4 is 10.1 Å². The van der Waals surface area contributed by atoms with Gasteiger partial charge in [0.15, 0.2) is 0 Å². The number of H-pyrrole nitrogens is 1. The summed E-state index contributed by atoms with van der Waals surface area (Å²) in [6.07, 6.45) is 3.14. The minimum atomic E-state index is -0.672. The third-order valence-corrected chi connectivity index (χ3v) is 6.44. The number of hydrogen-bond acceptors (Lipinski definition) is 7. The maximum Gasteiger partial charge on any atom is 0.254 e. The van der Waals surface area contributed by atoms with Crippen molar-refractivity contribution in [2.45, 2.75) is 32.0 Å². The van der Waals surface area contributed by atoms with Gasteiger partial charge >= 0.3 is 0 Å². The molecular weight excluding hydrogens is 474 g/mol. The third-order valence-electron chi connectivity index (χ3n) is 6.44. The van der Waals surface area contributed by atoms with Gasteiger partial charge in [-0.3, -0.25) is 14.7 Å². The fourth-order valence-electron chi connectivity index (χ4n) is 4.64. The van der Waals surface area contributed by atoms with Crippen LogP contribution in [-0.2, 0) is 6.54 Å². The highest BCUT2D eigenvalue weighted by Gasteiger charge is 2.36. The van der Waals surface area contributed by atoms with Crippen molar-refractivity contribution in [3.63, 3.8) is 0 Å². The summed E-state index contributed by atoms with van der Waals surface area (Å²) < 4.78 is 10.6. The van der Waals surface area contributed by atoms with E-state index in [2.05, 4.69) is 20.7 Å². The molecule has 190 valence electrons. The van der Waals surface area contributed by atoms with Crippen LogP contribution in [0.25, 0.3) is 11.1 Å². The van der Waals surface area contributed by atoms with E-state index in [0.717, 1.165) is 16.7 Å². The Labute approximate surface area is 213 Å². The zero-order valence-corrected chi connectivity index (χ0v) is 20.5. The Balaban J connectivity index is 1.36. The second-order valence-electron chi connectivity index (χ2n) is 9.00. The molecule has 4 aromatic rings. The van der Waals surface area contributed by atoms with Gasteiger partial charge in [0, 0.05) is 41.1 Å². The lowest BCUT2D eigenvalue weighted by atomic mass is 10.00. The maximum absolute atomic E-state index is 13.6. The number of ether oxygens (including phenoxy) is 1. The van der Waals surface area contributed by atoms with Crippen molar-refractivity contribution >= 4 is 11.8 Å². The molecule has 37 heavy (non-hydrogen) atoms. The fourth-order valence-corrected chi connectivity index (χ4v) is 4.64. The minimum Gasteiger partial charge on any atom is -0.496 e. The van der Waals surface area contributed by atoms with Gasteiger partial charge in [-0.1, -0.05) is 17.3 Å². The SMILES string of the molecule is COc1cc(C(=O)N2CC(O)C[C@@H]2c2cccc(C(=O)NCc3cc(C)on3)c2)ccc1-c1cn[nH]c1. The molecule has 5 rings (SSSR count). The number of methoxy groups -OCH3 is 1. The van der Waals surface area contributed by atoms with E-state index in [9.17, 15) is 14.7 Å². The number of benzene rings is 2. The molecule has 0 aliphatic carbocycles. The number of rotatable bonds is 7. The number of nitrogens with one attached hydrogen (secondary N) is 2. The average Bonchev–Trinajstić information content (AvgIpc) is 3.68. The Bertz CT molecular complexity index is 1410. The van der Waals surface area contributed by atoms with E-state index in [0.29, 0.717) is 34.8 Å². The molecule has 0 bridgehead atoms. The first-order chi connectivity index (χ1) is 17.9. The standard InChI is InChI=1S/C27H27N5O5/c1-16-8-21(31-37-16)14-28-26(34)18-5-3-4-17(9-18)24-11-22(33)15-32(24)27(35)19-6-7-23(25(10-19)36-2)20-12-29-30-13-20/h3-10,12-13,22,24,33H,11,14-15H2,1-2H3,(H,28,34)(H,29,30)/t22?,24-/m1/s1. The van der Waals surface area contributed by atoms with E-state index in [1.165, 1.54) is 0 Å². The molecule has 1 unspecified atom stereocenters. The summed E-state index contributed by atoms with van der Waals surface area (Å²) in [4.78, 5) is 28.0. The number of aryl methyl sites for hydroxylation is 1. The smallest absolute Gasteiger partial charge is 0.254 e. The number of aromatic amines is 1. The fraction of sp³-hybridized carbons (Fsp3) is 0.259. The van der Waals surface area contributed by atoms with Gasteiger partial charge in [-0.15, -0.1) is 0 Å². The lowest BCUT2D eigenvalue weighted by molar-refractivity contribution is 0.0715. The van der Waals surface area contributed by atoms with Crippen LogP contribution >= 0.6 is 0 Å². The van der Waals surface area contributed by atoms with Crippen molar-refractivity contribution in [2.75, 3.05) is 13.7 Å². The maximum atomic E-state index is 13.6. The molecule has 2 aromatic carbocycles. The molecule has 2 amide bonds. The second-order valence-corrected chi connectivity index (χ2v) is 9.00. The molecule has 2 atom stereocenters. The van der Waals surface area contributed by atoms with Crippen LogP contribution in [0.1, 0.15) is 50.2 Å². The normalized spacial score (nSPS) is 17.1. The first kappa shape index (κ1) is 24.3. The second kappa shape index (κ2) is 10.3. The summed E-state index contributed by atoms with van der Waals surface area (Å²) in [5, 5.41) is 23.9. The summed E-state index contributed by atoms with van der Waals surface area (Å²) >= 11 is 0. The van der Waals surface area contributed by atoms with Crippen LogP contribution in [0.5, 0.6) is 5.75 Å². The predicted octanol–water partition coefficient (Wildman–Crippen LogP) is 3.26. The molecule has 3 heterocycles. The summed E-state index contributed by atoms with van der Waals surface area (Å²) in [7, 11) is 1.55. The number of nitrogens with zero attached hydrogens (tertiary/aromatic N) is 3. The first-order valence-electron chi connectivity index (χ1n) is 11.9. The monoisotopic (exact) mass is 501 g/mol. The van der Waals surface area contributed by atoms with Gasteiger partial charge in [0.2, 0.25) is 0 Å². The average molecular weight is 502 g/mol. The predicted molar refractivity (Wildman–Crippen MR) is 134 cm³/mol. The van der Waals surface area contributed by atoms with Gasteiger partial charge in [-0.05, 0) is 49.2 Å². The van der Waals surface area contributed by atoms with Gasteiger partial charge in [-0.2, -0.15) is 5.10 Å². The number of aliphatic hydroxyl groups excluding tert-OH is 1. The molecule has 1 aliphatic heterocycles. The number of carbonyl (C=O) groups is 2. The molecule has 10 heteroatoms. The Morgan fingerprint density at radius 3 is 2.81 bits per heavy atom. The number of aliphatic hydroxyl groups is 1. The molecule has 0 saturated carbocycles. The summed E-state index contributed by atoms with van der Waals surface area (Å²) in [6.45, 7) is 2.22. The van der Waals surface area contributed by atoms with Crippen LogP contribution in [0.4, 0.5) is 0 Å². The molecule has 10 nitrogen and oxygen atoms in total. The molecule has 1 saturated heterocycles. The lowest BCUT2D eigenvalue weighted by Crippen LogP contribution is -2.32. The van der Waals surface area contributed by atoms with Crippen LogP contribution in [0, 0.1) is 6.92 Å². The van der Waals surface area contributed by atoms with E-state index in [-0.39, 0.29) is 30.9 Å². The van der Waals surface area contributed by atoms with E-state index >= 15 is 0 Å². The van der Waals surface area contributed by atoms with E-state index < -0.39 is 6.10 Å². The summed E-state index contributed by atoms with van der Waals surface area (Å²) in [6, 6.07) is 13.7. The molecule has 3 N–H and O–H groups in total. The number of amides is 2. The Morgan fingerprint density at radius 2 is 2.08 bits per heavy atom. The van der Waals surface area contributed by atoms with Crippen LogP contribution in [0.3, 0.4) is 0 Å². The zero-order chi connectivity index (χ0) is 25.9. The number of hydrogen-bond donors (Lipinski definition) is 3. The minimum absolute atomic E-state index is 0.192. The van der Waals surface area contributed by atoms with Gasteiger partial charge in [0.25, 0.3) is 11.8 Å². The number of aromatic nitrogens is 3. The van der Waals surface area contributed by atoms with Gasteiger partial charge in [-0.25, -0.2) is 0 Å². The van der Waals surface area contributed by atoms with Gasteiger partial charge in [0.1, 0.15) is 17.2 Å². The highest BCUT2D eigenvalue weighted by atomic mass is 16.5. The Morgan fingerprint density at radius 1 is 1.22 bits per heavy atom. The summed E-state index contributed by atoms with van der Waals surface area (Å²) in [5.41, 5.74) is 3.96. The van der Waals surface area contributed by atoms with Crippen molar-refractivity contribution in [1.29, 1.82) is 0 Å². The van der Waals surface area contributed by atoms with Gasteiger partial charge in [0.05, 0.1) is 32.0 Å². The van der Waals surface area contributed by atoms with Crippen molar-refractivity contribution in [3.05, 3.63) is 89.1 Å². The van der Waals surface area contributed by atoms with E-state index in [1.54, 1.807) is 67.7 Å². The number of β-amino-alcohol motifs (C(OH)–C–C–N with tert-alkyl or cyclic N) is 1. The first-order valence-corrected chi connectivity index (χ1v) is 11.9. The molecule has 1 aliphatic rings. The highest BCUT2D eigenvalue weighted by Crippen LogP contribution is 2.36. The number of likely N-dealkylation sites (tertiary alicyclic amines) is 1. The van der Waals surface area contributed by atoms with Crippen LogP contribution in [-0.4, -0.2) is 56.9 Å². The Hall–Kier alpha value is -4.44. The molecule has 0 spiro atoms. The lowest BCUT2D eigenvalue weighted by Gasteiger charge is -2.25. The van der Waals surface area contributed by atoms with Crippen molar-refractivity contribution in [1.82, 2.24) is 25.6 Å². The largest absolute Gasteiger partial charge is 0.496 e. The van der Waals surface area contributed by atoms with Gasteiger partial charge < -0.3 is 24.6 Å². The highest BCUT2D eigenvalue weighted by molar-refractivity contribution is 5.96. The van der Waals surface area contributed by atoms with Crippen LogP contribution in [0.2, 0.25) is 0 Å². The molecule has 2 aromatic heterocycles. The number of carbonyl (C=O) groups excluding carboxylic acids is 2. The zero-order valence-electron chi connectivity index (χ0n) is 20.5. The third kappa shape index (κ3) is 5.10. The van der Waals surface area contributed by atoms with Crippen LogP contribution in [0.15, 0.2) is 65.4 Å². The Kier molecular flexibility index (Phi) is 6.74. The quantitative estimate of drug-likeness (QED) is 0.354. The summed E-state index contributed by atoms with van der Waals surface area (Å²) in [5.74, 6) is 0.724. The van der Waals surface area contributed by atoms with Crippen molar-refractivity contribution < 1.29 is 24.0 Å². The molecule has 0 radical (unpaired) electrons. The van der Waals surface area contributed by atoms with Crippen molar-refractivity contribution in [2.24, 2.45) is 0 Å². The molecular formula is C27H27N5O5. The molecule has 1 fully saturated rings. The van der Waals surface area contributed by atoms with E-state index in [1.807, 2.05) is 12.1 Å². The van der Waals surface area contributed by atoms with E-state index in [4.69, 9.17) is 9.26 Å². The van der Waals surface area contributed by atoms with Crippen molar-refractivity contribution in [3.8, 4) is 16.9 Å². The topological polar surface area (TPSA) is 134 Å².